The van der Waals surface area contributed by atoms with E-state index in [1.54, 1.807) is 29.4 Å². The Kier molecular flexibility index (Phi) is 6.24. The average molecular weight is 490 g/mol. The molecule has 178 valence electrons. The topological polar surface area (TPSA) is 71.0 Å². The maximum absolute atomic E-state index is 13.7. The summed E-state index contributed by atoms with van der Waals surface area (Å²) in [7, 11) is 0. The molecule has 0 radical (unpaired) electrons. The fraction of sp³-hybridized carbons (Fsp3) is 0.333. The van der Waals surface area contributed by atoms with Gasteiger partial charge in [0.2, 0.25) is 5.91 Å². The van der Waals surface area contributed by atoms with Gasteiger partial charge in [-0.1, -0.05) is 32.4 Å². The molecule has 1 aliphatic rings. The van der Waals surface area contributed by atoms with E-state index in [-0.39, 0.29) is 29.0 Å². The summed E-state index contributed by atoms with van der Waals surface area (Å²) in [5.41, 5.74) is 0.247. The number of benzene rings is 1. The van der Waals surface area contributed by atoms with Gasteiger partial charge in [-0.3, -0.25) is 9.78 Å². The van der Waals surface area contributed by atoms with Crippen molar-refractivity contribution < 1.29 is 18.0 Å². The number of hydrogen-bond donors (Lipinski definition) is 1. The Morgan fingerprint density at radius 3 is 2.44 bits per heavy atom. The van der Waals surface area contributed by atoms with Crippen molar-refractivity contribution in [2.24, 2.45) is 5.41 Å². The Bertz CT molecular complexity index is 1230. The predicted octanol–water partition coefficient (Wildman–Crippen LogP) is 5.89. The fourth-order valence-corrected chi connectivity index (χ4v) is 3.96. The van der Waals surface area contributed by atoms with E-state index >= 15 is 0 Å². The minimum absolute atomic E-state index is 0.0546. The molecule has 1 aliphatic heterocycles. The summed E-state index contributed by atoms with van der Waals surface area (Å²) in [6.45, 7) is 6.13. The summed E-state index contributed by atoms with van der Waals surface area (Å²) in [4.78, 5) is 27.8. The van der Waals surface area contributed by atoms with E-state index in [9.17, 15) is 18.0 Å². The quantitative estimate of drug-likeness (QED) is 0.497. The molecule has 0 saturated carbocycles. The SMILES string of the molecule is CC(C)(C)C(=O)N1CCc2nc(-c3ccncc3)nc(Nc3cc(Cl)ccc3C(F)(F)F)c2C1. The van der Waals surface area contributed by atoms with Crippen LogP contribution in [0.1, 0.15) is 37.6 Å². The Morgan fingerprint density at radius 1 is 1.09 bits per heavy atom. The van der Waals surface area contributed by atoms with Crippen LogP contribution in [0.25, 0.3) is 11.4 Å². The number of rotatable bonds is 3. The summed E-state index contributed by atoms with van der Waals surface area (Å²) in [6, 6.07) is 6.79. The first-order chi connectivity index (χ1) is 15.9. The van der Waals surface area contributed by atoms with Gasteiger partial charge in [0.25, 0.3) is 0 Å². The molecular weight excluding hydrogens is 467 g/mol. The third-order valence-electron chi connectivity index (χ3n) is 5.47. The molecule has 34 heavy (non-hydrogen) atoms. The minimum Gasteiger partial charge on any atom is -0.339 e. The van der Waals surface area contributed by atoms with Crippen LogP contribution in [-0.2, 0) is 23.9 Å². The molecule has 0 aliphatic carbocycles. The smallest absolute Gasteiger partial charge is 0.339 e. The molecular formula is C24H23ClF3N5O. The number of pyridine rings is 1. The molecule has 10 heteroatoms. The molecule has 0 saturated heterocycles. The van der Waals surface area contributed by atoms with Gasteiger partial charge in [0.15, 0.2) is 5.82 Å². The Balaban J connectivity index is 1.83. The van der Waals surface area contributed by atoms with Gasteiger partial charge < -0.3 is 10.2 Å². The maximum Gasteiger partial charge on any atom is 0.418 e. The summed E-state index contributed by atoms with van der Waals surface area (Å²) in [5, 5.41) is 3.00. The molecule has 6 nitrogen and oxygen atoms in total. The monoisotopic (exact) mass is 489 g/mol. The number of alkyl halides is 3. The zero-order valence-corrected chi connectivity index (χ0v) is 19.6. The second-order valence-corrected chi connectivity index (χ2v) is 9.53. The summed E-state index contributed by atoms with van der Waals surface area (Å²) in [6.07, 6.45) is -0.961. The molecule has 3 heterocycles. The van der Waals surface area contributed by atoms with Crippen LogP contribution in [0.5, 0.6) is 0 Å². The number of hydrogen-bond acceptors (Lipinski definition) is 5. The van der Waals surface area contributed by atoms with Gasteiger partial charge in [0.05, 0.1) is 23.5 Å². The van der Waals surface area contributed by atoms with Crippen molar-refractivity contribution in [3.63, 3.8) is 0 Å². The summed E-state index contributed by atoms with van der Waals surface area (Å²) >= 11 is 6.02. The van der Waals surface area contributed by atoms with Crippen molar-refractivity contribution in [3.8, 4) is 11.4 Å². The first-order valence-corrected chi connectivity index (χ1v) is 11.0. The van der Waals surface area contributed by atoms with E-state index in [2.05, 4.69) is 20.3 Å². The van der Waals surface area contributed by atoms with E-state index in [1.165, 1.54) is 12.1 Å². The van der Waals surface area contributed by atoms with Gasteiger partial charge in [-0.2, -0.15) is 13.2 Å². The van der Waals surface area contributed by atoms with Crippen molar-refractivity contribution in [1.82, 2.24) is 19.9 Å². The highest BCUT2D eigenvalue weighted by Gasteiger charge is 2.35. The minimum atomic E-state index is -4.60. The predicted molar refractivity (Wildman–Crippen MR) is 124 cm³/mol. The number of carbonyl (C=O) groups excluding carboxylic acids is 1. The average Bonchev–Trinajstić information content (AvgIpc) is 2.77. The van der Waals surface area contributed by atoms with Crippen LogP contribution in [0.2, 0.25) is 5.02 Å². The van der Waals surface area contributed by atoms with Gasteiger partial charge in [-0.25, -0.2) is 9.97 Å². The lowest BCUT2D eigenvalue weighted by molar-refractivity contribution is -0.140. The largest absolute Gasteiger partial charge is 0.418 e. The molecule has 0 atom stereocenters. The first-order valence-electron chi connectivity index (χ1n) is 10.7. The lowest BCUT2D eigenvalue weighted by Gasteiger charge is -2.34. The van der Waals surface area contributed by atoms with Crippen LogP contribution in [0, 0.1) is 5.41 Å². The lowest BCUT2D eigenvalue weighted by Crippen LogP contribution is -2.43. The van der Waals surface area contributed by atoms with Crippen molar-refractivity contribution in [3.05, 3.63) is 64.6 Å². The van der Waals surface area contributed by atoms with E-state index < -0.39 is 17.2 Å². The standard InChI is InChI=1S/C24H23ClF3N5O/c1-23(2,3)22(34)33-11-8-18-16(13-33)21(32-20(30-18)14-6-9-29-10-7-14)31-19-12-15(25)4-5-17(19)24(26,27)28/h4-7,9-10,12H,8,11,13H2,1-3H3,(H,30,31,32). The molecule has 0 fully saturated rings. The van der Waals surface area contributed by atoms with Crippen molar-refractivity contribution in [2.45, 2.75) is 39.9 Å². The highest BCUT2D eigenvalue weighted by molar-refractivity contribution is 6.30. The number of fused-ring (bicyclic) bond motifs is 1. The number of halogens is 4. The molecule has 3 aromatic rings. The number of nitrogens with one attached hydrogen (secondary N) is 1. The number of amides is 1. The molecule has 1 N–H and O–H groups in total. The Hall–Kier alpha value is -3.20. The zero-order valence-electron chi connectivity index (χ0n) is 18.9. The van der Waals surface area contributed by atoms with E-state index in [4.69, 9.17) is 11.6 Å². The highest BCUT2D eigenvalue weighted by Crippen LogP contribution is 2.39. The molecule has 2 aromatic heterocycles. The first kappa shape index (κ1) is 23.9. The number of aromatic nitrogens is 3. The van der Waals surface area contributed by atoms with Gasteiger partial charge in [0.1, 0.15) is 5.82 Å². The van der Waals surface area contributed by atoms with Crippen LogP contribution in [0.3, 0.4) is 0 Å². The fourth-order valence-electron chi connectivity index (χ4n) is 3.79. The number of anilines is 2. The van der Waals surface area contributed by atoms with E-state index in [0.29, 0.717) is 35.6 Å². The van der Waals surface area contributed by atoms with Crippen LogP contribution in [-0.4, -0.2) is 32.3 Å². The molecule has 0 unspecified atom stereocenters. The van der Waals surface area contributed by atoms with Gasteiger partial charge >= 0.3 is 6.18 Å². The summed E-state index contributed by atoms with van der Waals surface area (Å²) in [5.74, 6) is 0.506. The molecule has 0 spiro atoms. The van der Waals surface area contributed by atoms with Crippen LogP contribution in [0.4, 0.5) is 24.7 Å². The Morgan fingerprint density at radius 2 is 1.79 bits per heavy atom. The van der Waals surface area contributed by atoms with E-state index in [0.717, 1.165) is 6.07 Å². The van der Waals surface area contributed by atoms with Gasteiger partial charge in [-0.15, -0.1) is 0 Å². The highest BCUT2D eigenvalue weighted by atomic mass is 35.5. The van der Waals surface area contributed by atoms with Crippen molar-refractivity contribution in [1.29, 1.82) is 0 Å². The third kappa shape index (κ3) is 4.99. The molecule has 0 bridgehead atoms. The van der Waals surface area contributed by atoms with Crippen molar-refractivity contribution >= 4 is 29.0 Å². The third-order valence-corrected chi connectivity index (χ3v) is 5.70. The lowest BCUT2D eigenvalue weighted by atomic mass is 9.93. The second-order valence-electron chi connectivity index (χ2n) is 9.10. The zero-order chi connectivity index (χ0) is 24.7. The van der Waals surface area contributed by atoms with Crippen LogP contribution < -0.4 is 5.32 Å². The number of carbonyl (C=O) groups is 1. The van der Waals surface area contributed by atoms with Gasteiger partial charge in [-0.05, 0) is 30.3 Å². The number of nitrogens with zero attached hydrogens (tertiary/aromatic N) is 4. The van der Waals surface area contributed by atoms with Crippen LogP contribution >= 0.6 is 11.6 Å². The summed E-state index contributed by atoms with van der Waals surface area (Å²) < 4.78 is 41.1. The van der Waals surface area contributed by atoms with E-state index in [1.807, 2.05) is 20.8 Å². The Labute approximate surface area is 200 Å². The molecule has 4 rings (SSSR count). The van der Waals surface area contributed by atoms with Crippen molar-refractivity contribution in [2.75, 3.05) is 11.9 Å². The normalized spacial score (nSPS) is 14.0. The second kappa shape index (κ2) is 8.87. The molecule has 1 aromatic carbocycles. The van der Waals surface area contributed by atoms with Crippen LogP contribution in [0.15, 0.2) is 42.7 Å². The maximum atomic E-state index is 13.7. The van der Waals surface area contributed by atoms with Gasteiger partial charge in [0, 0.05) is 46.9 Å². The molecule has 1 amide bonds.